The topological polar surface area (TPSA) is 50.2 Å². The second kappa shape index (κ2) is 7.38. The summed E-state index contributed by atoms with van der Waals surface area (Å²) in [5.74, 6) is -1.11. The van der Waals surface area contributed by atoms with Gasteiger partial charge >= 0.3 is 0 Å². The molecule has 2 aromatic rings. The summed E-state index contributed by atoms with van der Waals surface area (Å²) in [6.07, 6.45) is 4.54. The Bertz CT molecular complexity index is 838. The van der Waals surface area contributed by atoms with Crippen molar-refractivity contribution in [3.63, 3.8) is 0 Å². The second-order valence-electron chi connectivity index (χ2n) is 7.50. The Morgan fingerprint density at radius 3 is 2.63 bits per heavy atom. The van der Waals surface area contributed by atoms with Crippen molar-refractivity contribution in [3.05, 3.63) is 52.3 Å². The maximum atomic E-state index is 13.4. The number of carbonyl (C=O) groups excluding carboxylic acids is 1. The number of aromatic nitrogens is 2. The summed E-state index contributed by atoms with van der Waals surface area (Å²) in [7, 11) is 1.89. The Labute approximate surface area is 157 Å². The van der Waals surface area contributed by atoms with E-state index in [1.54, 1.807) is 0 Å². The molecule has 1 saturated heterocycles. The lowest BCUT2D eigenvalue weighted by molar-refractivity contribution is 0.0785. The van der Waals surface area contributed by atoms with E-state index in [0.29, 0.717) is 24.2 Å². The van der Waals surface area contributed by atoms with Crippen LogP contribution >= 0.6 is 0 Å². The summed E-state index contributed by atoms with van der Waals surface area (Å²) in [4.78, 5) is 14.7. The molecule has 0 radical (unpaired) electrons. The fraction of sp³-hybridized carbons (Fsp3) is 0.500. The molecule has 1 unspecified atom stereocenters. The van der Waals surface area contributed by atoms with Gasteiger partial charge in [0, 0.05) is 50.0 Å². The number of benzene rings is 1. The SMILES string of the molecule is Cn1nc(C(=O)N2CCCC2)c2c1CCC(NCc1cc(F)cc(F)c1)C2. The van der Waals surface area contributed by atoms with E-state index in [9.17, 15) is 13.6 Å². The van der Waals surface area contributed by atoms with Crippen molar-refractivity contribution in [2.75, 3.05) is 13.1 Å². The normalized spacial score (nSPS) is 19.4. The fourth-order valence-electron chi connectivity index (χ4n) is 4.18. The highest BCUT2D eigenvalue weighted by Crippen LogP contribution is 2.26. The van der Waals surface area contributed by atoms with E-state index in [1.165, 1.54) is 12.1 Å². The van der Waals surface area contributed by atoms with Gasteiger partial charge in [-0.2, -0.15) is 5.10 Å². The molecule has 1 aliphatic heterocycles. The minimum Gasteiger partial charge on any atom is -0.337 e. The van der Waals surface area contributed by atoms with Crippen LogP contribution in [0.5, 0.6) is 0 Å². The number of nitrogens with zero attached hydrogens (tertiary/aromatic N) is 3. The van der Waals surface area contributed by atoms with Gasteiger partial charge in [-0.3, -0.25) is 9.48 Å². The Kier molecular flexibility index (Phi) is 4.95. The number of hydrogen-bond donors (Lipinski definition) is 1. The molecule has 0 spiro atoms. The van der Waals surface area contributed by atoms with Crippen molar-refractivity contribution in [2.24, 2.45) is 7.05 Å². The number of rotatable bonds is 4. The van der Waals surface area contributed by atoms with Gasteiger partial charge in [0.05, 0.1) is 0 Å². The van der Waals surface area contributed by atoms with Crippen LogP contribution < -0.4 is 5.32 Å². The van der Waals surface area contributed by atoms with Crippen LogP contribution in [0.2, 0.25) is 0 Å². The smallest absolute Gasteiger partial charge is 0.274 e. The lowest BCUT2D eigenvalue weighted by Gasteiger charge is -2.25. The van der Waals surface area contributed by atoms with E-state index in [1.807, 2.05) is 16.6 Å². The highest BCUT2D eigenvalue weighted by Gasteiger charge is 2.31. The van der Waals surface area contributed by atoms with Crippen molar-refractivity contribution in [3.8, 4) is 0 Å². The molecular weight excluding hydrogens is 350 g/mol. The highest BCUT2D eigenvalue weighted by molar-refractivity contribution is 5.94. The molecule has 144 valence electrons. The van der Waals surface area contributed by atoms with Crippen LogP contribution in [0.4, 0.5) is 8.78 Å². The van der Waals surface area contributed by atoms with Crippen LogP contribution in [0.15, 0.2) is 18.2 Å². The molecule has 1 atom stereocenters. The first-order valence-corrected chi connectivity index (χ1v) is 9.53. The van der Waals surface area contributed by atoms with Crippen LogP contribution in [0.25, 0.3) is 0 Å². The maximum absolute atomic E-state index is 13.4. The Balaban J connectivity index is 1.47. The summed E-state index contributed by atoms with van der Waals surface area (Å²) < 4.78 is 28.6. The summed E-state index contributed by atoms with van der Waals surface area (Å²) in [6.45, 7) is 2.00. The third-order valence-corrected chi connectivity index (χ3v) is 5.57. The monoisotopic (exact) mass is 374 g/mol. The van der Waals surface area contributed by atoms with Crippen molar-refractivity contribution in [2.45, 2.75) is 44.7 Å². The van der Waals surface area contributed by atoms with Gasteiger partial charge in [0.15, 0.2) is 5.69 Å². The molecule has 7 heteroatoms. The Morgan fingerprint density at radius 2 is 1.93 bits per heavy atom. The molecule has 1 aliphatic carbocycles. The molecule has 2 heterocycles. The van der Waals surface area contributed by atoms with Crippen LogP contribution in [-0.4, -0.2) is 39.7 Å². The van der Waals surface area contributed by atoms with E-state index in [-0.39, 0.29) is 11.9 Å². The number of fused-ring (bicyclic) bond motifs is 1. The zero-order valence-electron chi connectivity index (χ0n) is 15.5. The number of nitrogens with one attached hydrogen (secondary N) is 1. The molecule has 27 heavy (non-hydrogen) atoms. The largest absolute Gasteiger partial charge is 0.337 e. The number of hydrogen-bond acceptors (Lipinski definition) is 3. The van der Waals surface area contributed by atoms with Crippen LogP contribution in [0.3, 0.4) is 0 Å². The van der Waals surface area contributed by atoms with Crippen molar-refractivity contribution >= 4 is 5.91 Å². The van der Waals surface area contributed by atoms with Crippen LogP contribution in [-0.2, 0) is 26.4 Å². The number of halogens is 2. The number of carbonyl (C=O) groups is 1. The minimum atomic E-state index is -0.566. The predicted octanol–water partition coefficient (Wildman–Crippen LogP) is 2.58. The number of aryl methyl sites for hydroxylation is 1. The summed E-state index contributed by atoms with van der Waals surface area (Å²) >= 11 is 0. The van der Waals surface area contributed by atoms with Gasteiger partial charge in [-0.05, 0) is 49.8 Å². The molecule has 1 fully saturated rings. The quantitative estimate of drug-likeness (QED) is 0.895. The maximum Gasteiger partial charge on any atom is 0.274 e. The first-order chi connectivity index (χ1) is 13.0. The molecular formula is C20H24F2N4O. The first kappa shape index (κ1) is 18.1. The number of amides is 1. The summed E-state index contributed by atoms with van der Waals surface area (Å²) in [5, 5.41) is 7.89. The van der Waals surface area contributed by atoms with E-state index in [4.69, 9.17) is 0 Å². The lowest BCUT2D eigenvalue weighted by atomic mass is 9.91. The van der Waals surface area contributed by atoms with Gasteiger partial charge in [-0.15, -0.1) is 0 Å². The molecule has 1 aromatic heterocycles. The molecule has 0 bridgehead atoms. The molecule has 0 saturated carbocycles. The van der Waals surface area contributed by atoms with Gasteiger partial charge in [0.25, 0.3) is 5.91 Å². The summed E-state index contributed by atoms with van der Waals surface area (Å²) in [5.41, 5.74) is 3.28. The minimum absolute atomic E-state index is 0.0252. The molecule has 1 aromatic carbocycles. The van der Waals surface area contributed by atoms with Gasteiger partial charge in [-0.25, -0.2) is 8.78 Å². The lowest BCUT2D eigenvalue weighted by Crippen LogP contribution is -2.35. The van der Waals surface area contributed by atoms with Gasteiger partial charge in [0.1, 0.15) is 11.6 Å². The van der Waals surface area contributed by atoms with Crippen molar-refractivity contribution in [1.82, 2.24) is 20.0 Å². The van der Waals surface area contributed by atoms with Crippen molar-refractivity contribution in [1.29, 1.82) is 0 Å². The second-order valence-corrected chi connectivity index (χ2v) is 7.50. The van der Waals surface area contributed by atoms with Gasteiger partial charge < -0.3 is 10.2 Å². The number of likely N-dealkylation sites (tertiary alicyclic amines) is 1. The first-order valence-electron chi connectivity index (χ1n) is 9.53. The van der Waals surface area contributed by atoms with Gasteiger partial charge in [0.2, 0.25) is 0 Å². The molecule has 1 N–H and O–H groups in total. The van der Waals surface area contributed by atoms with Crippen LogP contribution in [0, 0.1) is 11.6 Å². The van der Waals surface area contributed by atoms with E-state index < -0.39 is 11.6 Å². The average Bonchev–Trinajstić information content (AvgIpc) is 3.27. The van der Waals surface area contributed by atoms with E-state index in [0.717, 1.165) is 56.1 Å². The zero-order valence-corrected chi connectivity index (χ0v) is 15.5. The Morgan fingerprint density at radius 1 is 1.22 bits per heavy atom. The molecule has 5 nitrogen and oxygen atoms in total. The van der Waals surface area contributed by atoms with Gasteiger partial charge in [-0.1, -0.05) is 0 Å². The van der Waals surface area contributed by atoms with E-state index in [2.05, 4.69) is 10.4 Å². The highest BCUT2D eigenvalue weighted by atomic mass is 19.1. The predicted molar refractivity (Wildman–Crippen MR) is 97.4 cm³/mol. The standard InChI is InChI=1S/C20H24F2N4O/c1-25-18-5-4-16(23-12-13-8-14(21)10-15(22)9-13)11-17(18)19(24-25)20(27)26-6-2-3-7-26/h8-10,16,23H,2-7,11-12H2,1H3. The molecule has 1 amide bonds. The molecule has 4 rings (SSSR count). The van der Waals surface area contributed by atoms with Crippen molar-refractivity contribution < 1.29 is 13.6 Å². The third-order valence-electron chi connectivity index (χ3n) is 5.57. The van der Waals surface area contributed by atoms with E-state index >= 15 is 0 Å². The zero-order chi connectivity index (χ0) is 19.0. The third kappa shape index (κ3) is 3.74. The molecule has 2 aliphatic rings. The average molecular weight is 374 g/mol. The van der Waals surface area contributed by atoms with Crippen LogP contribution in [0.1, 0.15) is 46.6 Å². The Hall–Kier alpha value is -2.28. The fourth-order valence-corrected chi connectivity index (χ4v) is 4.18. The summed E-state index contributed by atoms with van der Waals surface area (Å²) in [6, 6.07) is 3.72.